The normalized spacial score (nSPS) is 32.8. The van der Waals surface area contributed by atoms with Gasteiger partial charge in [-0.15, -0.1) is 0 Å². The van der Waals surface area contributed by atoms with Crippen molar-refractivity contribution in [3.05, 3.63) is 71.8 Å². The van der Waals surface area contributed by atoms with Gasteiger partial charge < -0.3 is 24.8 Å². The number of aliphatic hydroxyl groups excluding tert-OH is 1. The Kier molecular flexibility index (Phi) is 6.58. The minimum atomic E-state index is -1.20. The van der Waals surface area contributed by atoms with Crippen molar-refractivity contribution in [1.29, 1.82) is 0 Å². The Bertz CT molecular complexity index is 1170. The molecule has 2 bridgehead atoms. The number of nitrogens with one attached hydrogen (secondary N) is 1. The zero-order chi connectivity index (χ0) is 26.4. The Morgan fingerprint density at radius 2 is 1.81 bits per heavy atom. The summed E-state index contributed by atoms with van der Waals surface area (Å²) in [5.74, 6) is -3.01. The van der Waals surface area contributed by atoms with Crippen molar-refractivity contribution in [1.82, 2.24) is 10.2 Å². The van der Waals surface area contributed by atoms with Gasteiger partial charge in [-0.1, -0.05) is 67.6 Å². The molecular formula is C29H34N2O6. The van der Waals surface area contributed by atoms with E-state index in [0.717, 1.165) is 5.56 Å². The summed E-state index contributed by atoms with van der Waals surface area (Å²) in [5, 5.41) is 13.5. The minimum absolute atomic E-state index is 0.0837. The molecule has 5 rings (SSSR count). The molecule has 37 heavy (non-hydrogen) atoms. The van der Waals surface area contributed by atoms with E-state index in [-0.39, 0.29) is 37.5 Å². The van der Waals surface area contributed by atoms with Crippen molar-refractivity contribution in [3.63, 3.8) is 0 Å². The maximum atomic E-state index is 14.2. The van der Waals surface area contributed by atoms with E-state index in [4.69, 9.17) is 9.47 Å². The van der Waals surface area contributed by atoms with Crippen LogP contribution in [-0.2, 0) is 30.4 Å². The van der Waals surface area contributed by atoms with Crippen molar-refractivity contribution < 1.29 is 29.0 Å². The second-order valence-electron chi connectivity index (χ2n) is 10.5. The number of rotatable bonds is 8. The first kappa shape index (κ1) is 25.4. The topological polar surface area (TPSA) is 105 Å². The van der Waals surface area contributed by atoms with E-state index in [2.05, 4.69) is 5.32 Å². The third kappa shape index (κ3) is 3.85. The monoisotopic (exact) mass is 506 g/mol. The smallest absolute Gasteiger partial charge is 0.312 e. The van der Waals surface area contributed by atoms with Crippen molar-refractivity contribution in [3.8, 4) is 0 Å². The maximum Gasteiger partial charge on any atom is 0.312 e. The van der Waals surface area contributed by atoms with Gasteiger partial charge in [-0.25, -0.2) is 0 Å². The third-order valence-electron chi connectivity index (χ3n) is 8.54. The van der Waals surface area contributed by atoms with Gasteiger partial charge in [0.1, 0.15) is 17.6 Å². The fourth-order valence-electron chi connectivity index (χ4n) is 6.81. The Morgan fingerprint density at radius 1 is 1.16 bits per heavy atom. The first-order valence-corrected chi connectivity index (χ1v) is 12.9. The molecular weight excluding hydrogens is 472 g/mol. The highest BCUT2D eigenvalue weighted by Gasteiger charge is 2.80. The van der Waals surface area contributed by atoms with Crippen molar-refractivity contribution >= 4 is 17.8 Å². The molecule has 2 aromatic carbocycles. The highest BCUT2D eigenvalue weighted by atomic mass is 16.6. The van der Waals surface area contributed by atoms with Crippen LogP contribution in [0.25, 0.3) is 0 Å². The zero-order valence-corrected chi connectivity index (χ0v) is 21.4. The first-order valence-electron chi connectivity index (χ1n) is 12.9. The molecule has 3 heterocycles. The van der Waals surface area contributed by atoms with Crippen LogP contribution in [-0.4, -0.2) is 58.2 Å². The summed E-state index contributed by atoms with van der Waals surface area (Å²) in [4.78, 5) is 42.9. The van der Waals surface area contributed by atoms with Crippen LogP contribution in [0.3, 0.4) is 0 Å². The predicted octanol–water partition coefficient (Wildman–Crippen LogP) is 2.61. The number of esters is 1. The first-order chi connectivity index (χ1) is 17.8. The number of fused-ring (bicyclic) bond motifs is 1. The lowest BCUT2D eigenvalue weighted by molar-refractivity contribution is -0.162. The maximum absolute atomic E-state index is 14.2. The lowest BCUT2D eigenvalue weighted by atomic mass is 9.62. The van der Waals surface area contributed by atoms with Crippen LogP contribution in [0.1, 0.15) is 44.4 Å². The molecule has 1 spiro atoms. The number of aliphatic hydroxyl groups is 1. The fraction of sp³-hybridized carbons (Fsp3) is 0.483. The average molecular weight is 507 g/mol. The van der Waals surface area contributed by atoms with E-state index in [1.165, 1.54) is 4.90 Å². The van der Waals surface area contributed by atoms with E-state index in [9.17, 15) is 19.5 Å². The number of carbonyl (C=O) groups is 3. The molecule has 3 aliphatic heterocycles. The molecule has 3 saturated heterocycles. The summed E-state index contributed by atoms with van der Waals surface area (Å²) in [6.07, 6.45) is 0.447. The Morgan fingerprint density at radius 3 is 2.43 bits per heavy atom. The van der Waals surface area contributed by atoms with Crippen LogP contribution in [0.4, 0.5) is 0 Å². The second-order valence-corrected chi connectivity index (χ2v) is 10.5. The van der Waals surface area contributed by atoms with E-state index >= 15 is 0 Å². The predicted molar refractivity (Wildman–Crippen MR) is 135 cm³/mol. The number of benzene rings is 2. The van der Waals surface area contributed by atoms with E-state index in [0.29, 0.717) is 12.0 Å². The third-order valence-corrected chi connectivity index (χ3v) is 8.54. The summed E-state index contributed by atoms with van der Waals surface area (Å²) in [6.45, 7) is 5.66. The van der Waals surface area contributed by atoms with Crippen molar-refractivity contribution in [2.75, 3.05) is 13.2 Å². The highest BCUT2D eigenvalue weighted by Crippen LogP contribution is 2.66. The molecule has 3 fully saturated rings. The lowest BCUT2D eigenvalue weighted by Gasteiger charge is -2.37. The van der Waals surface area contributed by atoms with Crippen LogP contribution < -0.4 is 5.32 Å². The SMILES string of the molecule is CCOC(=O)[C@H]1[C@H]2C(=O)N([C@H](CO)c3ccccc3)C(C(=O)NCc3ccccc3)C23CC(C)[C@]1(C)O3. The fourth-order valence-corrected chi connectivity index (χ4v) is 6.81. The molecule has 8 heteroatoms. The molecule has 8 nitrogen and oxygen atoms in total. The minimum Gasteiger partial charge on any atom is -0.466 e. The van der Waals surface area contributed by atoms with Crippen molar-refractivity contribution in [2.45, 2.75) is 57.0 Å². The lowest BCUT2D eigenvalue weighted by Crippen LogP contribution is -2.56. The van der Waals surface area contributed by atoms with Crippen LogP contribution in [0.15, 0.2) is 60.7 Å². The number of hydrogen-bond acceptors (Lipinski definition) is 6. The van der Waals surface area contributed by atoms with Crippen LogP contribution in [0.5, 0.6) is 0 Å². The molecule has 2 aromatic rings. The van der Waals surface area contributed by atoms with E-state index in [1.54, 1.807) is 6.92 Å². The van der Waals surface area contributed by atoms with Gasteiger partial charge in [0, 0.05) is 6.54 Å². The zero-order valence-electron chi connectivity index (χ0n) is 21.4. The molecule has 3 aliphatic rings. The summed E-state index contributed by atoms with van der Waals surface area (Å²) in [7, 11) is 0. The van der Waals surface area contributed by atoms with Crippen LogP contribution in [0.2, 0.25) is 0 Å². The highest BCUT2D eigenvalue weighted by molar-refractivity contribution is 5.98. The molecule has 7 atom stereocenters. The molecule has 0 aromatic heterocycles. The molecule has 3 unspecified atom stereocenters. The molecule has 2 N–H and O–H groups in total. The van der Waals surface area contributed by atoms with Gasteiger partial charge in [0.25, 0.3) is 0 Å². The Hall–Kier alpha value is -3.23. The Balaban J connectivity index is 1.59. The van der Waals surface area contributed by atoms with Gasteiger partial charge in [-0.3, -0.25) is 14.4 Å². The number of nitrogens with zero attached hydrogens (tertiary/aromatic N) is 1. The number of amides is 2. The molecule has 0 radical (unpaired) electrons. The standard InChI is InChI=1S/C29H34N2O6/c1-4-36-27(35)23-22-26(34)31(21(17-32)20-13-9-6-10-14-20)24(29(22)15-18(2)28(23,3)37-29)25(33)30-16-19-11-7-5-8-12-19/h5-14,18,21-24,32H,4,15-17H2,1-3H3,(H,30,33)/t18?,21-,22+,23-,24?,28+,29?/m1/s1. The molecule has 2 amide bonds. The quantitative estimate of drug-likeness (QED) is 0.534. The van der Waals surface area contributed by atoms with Gasteiger partial charge >= 0.3 is 5.97 Å². The number of hydrogen-bond donors (Lipinski definition) is 2. The Labute approximate surface area is 216 Å². The van der Waals surface area contributed by atoms with Crippen molar-refractivity contribution in [2.24, 2.45) is 17.8 Å². The van der Waals surface area contributed by atoms with Gasteiger partial charge in [-0.2, -0.15) is 0 Å². The van der Waals surface area contributed by atoms with Gasteiger partial charge in [0.15, 0.2) is 0 Å². The number of ether oxygens (including phenoxy) is 2. The largest absolute Gasteiger partial charge is 0.466 e. The van der Waals surface area contributed by atoms with Gasteiger partial charge in [0.2, 0.25) is 11.8 Å². The number of carbonyl (C=O) groups excluding carboxylic acids is 3. The van der Waals surface area contributed by atoms with E-state index in [1.807, 2.05) is 74.5 Å². The summed E-state index contributed by atoms with van der Waals surface area (Å²) < 4.78 is 12.1. The summed E-state index contributed by atoms with van der Waals surface area (Å²) >= 11 is 0. The average Bonchev–Trinajstić information content (AvgIpc) is 3.41. The second kappa shape index (κ2) is 9.58. The summed E-state index contributed by atoms with van der Waals surface area (Å²) in [6, 6.07) is 16.9. The van der Waals surface area contributed by atoms with Crippen LogP contribution >= 0.6 is 0 Å². The van der Waals surface area contributed by atoms with Gasteiger partial charge in [-0.05, 0) is 37.3 Å². The number of likely N-dealkylation sites (tertiary alicyclic amines) is 1. The summed E-state index contributed by atoms with van der Waals surface area (Å²) in [5.41, 5.74) is -0.509. The van der Waals surface area contributed by atoms with Gasteiger partial charge in [0.05, 0.1) is 30.8 Å². The molecule has 196 valence electrons. The van der Waals surface area contributed by atoms with Crippen LogP contribution in [0, 0.1) is 17.8 Å². The van der Waals surface area contributed by atoms with E-state index < -0.39 is 41.1 Å². The molecule has 0 saturated carbocycles. The molecule has 0 aliphatic carbocycles.